The monoisotopic (exact) mass is 225 g/mol. The van der Waals surface area contributed by atoms with E-state index in [2.05, 4.69) is 4.98 Å². The van der Waals surface area contributed by atoms with Crippen LogP contribution in [0.15, 0.2) is 18.2 Å². The van der Waals surface area contributed by atoms with Gasteiger partial charge in [-0.3, -0.25) is 0 Å². The molecule has 1 aromatic heterocycles. The molecule has 0 aliphatic rings. The first-order chi connectivity index (χ1) is 7.26. The zero-order valence-corrected chi connectivity index (χ0v) is 8.91. The van der Waals surface area contributed by atoms with Crippen LogP contribution in [-0.4, -0.2) is 21.3 Å². The highest BCUT2D eigenvalue weighted by Gasteiger charge is 2.08. The molecule has 1 heterocycles. The normalized spacial score (nSPS) is 11.1. The highest BCUT2D eigenvalue weighted by Crippen LogP contribution is 2.20. The van der Waals surface area contributed by atoms with Crippen molar-refractivity contribution in [1.29, 1.82) is 0 Å². The highest BCUT2D eigenvalue weighted by molar-refractivity contribution is 6.31. The van der Waals surface area contributed by atoms with E-state index in [-0.39, 0.29) is 6.61 Å². The van der Waals surface area contributed by atoms with Gasteiger partial charge < -0.3 is 15.4 Å². The average Bonchev–Trinajstić information content (AvgIpc) is 2.56. The first kappa shape index (κ1) is 10.4. The second-order valence-electron chi connectivity index (χ2n) is 3.24. The number of aliphatic hydroxyl groups is 1. The van der Waals surface area contributed by atoms with Crippen molar-refractivity contribution < 1.29 is 5.11 Å². The minimum absolute atomic E-state index is 0.0705. The van der Waals surface area contributed by atoms with E-state index in [1.807, 2.05) is 10.6 Å². The summed E-state index contributed by atoms with van der Waals surface area (Å²) in [6.45, 7) is 0.929. The summed E-state index contributed by atoms with van der Waals surface area (Å²) in [5.41, 5.74) is 7.35. The Balaban J connectivity index is 2.63. The summed E-state index contributed by atoms with van der Waals surface area (Å²) >= 11 is 5.87. The zero-order chi connectivity index (χ0) is 10.8. The van der Waals surface area contributed by atoms with Crippen LogP contribution < -0.4 is 5.73 Å². The van der Waals surface area contributed by atoms with Crippen molar-refractivity contribution in [2.24, 2.45) is 5.73 Å². The van der Waals surface area contributed by atoms with Gasteiger partial charge in [-0.2, -0.15) is 0 Å². The maximum atomic E-state index is 8.96. The molecule has 15 heavy (non-hydrogen) atoms. The van der Waals surface area contributed by atoms with E-state index in [1.54, 1.807) is 12.1 Å². The van der Waals surface area contributed by atoms with Crippen molar-refractivity contribution in [3.8, 4) is 0 Å². The van der Waals surface area contributed by atoms with E-state index in [0.717, 1.165) is 16.9 Å². The third kappa shape index (κ3) is 1.84. The van der Waals surface area contributed by atoms with Crippen molar-refractivity contribution in [3.05, 3.63) is 29.0 Å². The molecule has 0 bridgehead atoms. The van der Waals surface area contributed by atoms with Crippen LogP contribution >= 0.6 is 11.6 Å². The molecule has 0 amide bonds. The number of aliphatic hydroxyl groups excluding tert-OH is 1. The van der Waals surface area contributed by atoms with Gasteiger partial charge in [0.1, 0.15) is 5.82 Å². The van der Waals surface area contributed by atoms with E-state index < -0.39 is 0 Å². The number of halogens is 1. The molecule has 80 valence electrons. The third-order valence-corrected chi connectivity index (χ3v) is 2.53. The topological polar surface area (TPSA) is 64.1 Å². The Hall–Kier alpha value is -1.10. The van der Waals surface area contributed by atoms with Gasteiger partial charge in [0.05, 0.1) is 24.2 Å². The largest absolute Gasteiger partial charge is 0.395 e. The Bertz CT molecular complexity index is 481. The van der Waals surface area contributed by atoms with Crippen LogP contribution in [0.3, 0.4) is 0 Å². The van der Waals surface area contributed by atoms with Gasteiger partial charge in [-0.15, -0.1) is 0 Å². The molecule has 0 saturated heterocycles. The van der Waals surface area contributed by atoms with Gasteiger partial charge in [0.15, 0.2) is 0 Å². The van der Waals surface area contributed by atoms with Crippen LogP contribution in [0.4, 0.5) is 0 Å². The quantitative estimate of drug-likeness (QED) is 0.824. The Morgan fingerprint density at radius 1 is 1.47 bits per heavy atom. The average molecular weight is 226 g/mol. The number of hydrogen-bond acceptors (Lipinski definition) is 3. The summed E-state index contributed by atoms with van der Waals surface area (Å²) in [6, 6.07) is 5.49. The number of nitrogens with zero attached hydrogens (tertiary/aromatic N) is 2. The summed E-state index contributed by atoms with van der Waals surface area (Å²) in [7, 11) is 0. The van der Waals surface area contributed by atoms with Gasteiger partial charge in [-0.05, 0) is 18.2 Å². The van der Waals surface area contributed by atoms with Crippen molar-refractivity contribution >= 4 is 22.6 Å². The summed E-state index contributed by atoms with van der Waals surface area (Å²) in [6.07, 6.45) is 0. The molecule has 0 aliphatic carbocycles. The molecule has 0 unspecified atom stereocenters. The number of benzene rings is 1. The Morgan fingerprint density at radius 2 is 2.27 bits per heavy atom. The first-order valence-electron chi connectivity index (χ1n) is 4.72. The summed E-state index contributed by atoms with van der Waals surface area (Å²) < 4.78 is 1.91. The highest BCUT2D eigenvalue weighted by atomic mass is 35.5. The predicted octanol–water partition coefficient (Wildman–Crippen LogP) is 1.14. The smallest absolute Gasteiger partial charge is 0.123 e. The summed E-state index contributed by atoms with van der Waals surface area (Å²) in [5, 5.41) is 9.61. The maximum Gasteiger partial charge on any atom is 0.123 e. The van der Waals surface area contributed by atoms with E-state index in [4.69, 9.17) is 22.4 Å². The molecule has 0 saturated carbocycles. The Kier molecular flexibility index (Phi) is 2.90. The molecule has 0 atom stereocenters. The number of aromatic nitrogens is 2. The molecule has 2 rings (SSSR count). The molecule has 4 nitrogen and oxygen atoms in total. The van der Waals surface area contributed by atoms with Gasteiger partial charge in [0.2, 0.25) is 0 Å². The first-order valence-corrected chi connectivity index (χ1v) is 5.09. The zero-order valence-electron chi connectivity index (χ0n) is 8.15. The number of fused-ring (bicyclic) bond motifs is 1. The van der Waals surface area contributed by atoms with Gasteiger partial charge in [-0.1, -0.05) is 11.6 Å². The molecular formula is C10H12ClN3O. The second-order valence-corrected chi connectivity index (χ2v) is 3.68. The Morgan fingerprint density at radius 3 is 2.93 bits per heavy atom. The molecule has 2 aromatic rings. The van der Waals surface area contributed by atoms with Crippen LogP contribution in [0.5, 0.6) is 0 Å². The molecule has 0 radical (unpaired) electrons. The van der Waals surface area contributed by atoms with E-state index in [0.29, 0.717) is 18.1 Å². The van der Waals surface area contributed by atoms with Gasteiger partial charge >= 0.3 is 0 Å². The molecule has 1 aromatic carbocycles. The van der Waals surface area contributed by atoms with Crippen molar-refractivity contribution in [3.63, 3.8) is 0 Å². The molecular weight excluding hydrogens is 214 g/mol. The molecule has 0 fully saturated rings. The standard InChI is InChI=1S/C10H12ClN3O/c11-7-1-2-9-8(5-7)13-10(6-12)14(9)3-4-15/h1-2,5,15H,3-4,6,12H2. The minimum Gasteiger partial charge on any atom is -0.395 e. The summed E-state index contributed by atoms with van der Waals surface area (Å²) in [5.74, 6) is 0.765. The third-order valence-electron chi connectivity index (χ3n) is 2.30. The van der Waals surface area contributed by atoms with E-state index >= 15 is 0 Å². The fraction of sp³-hybridized carbons (Fsp3) is 0.300. The molecule has 0 aliphatic heterocycles. The van der Waals surface area contributed by atoms with Crippen LogP contribution in [0, 0.1) is 0 Å². The van der Waals surface area contributed by atoms with Crippen molar-refractivity contribution in [2.75, 3.05) is 6.61 Å². The summed E-state index contributed by atoms with van der Waals surface area (Å²) in [4.78, 5) is 4.35. The van der Waals surface area contributed by atoms with Crippen LogP contribution in [0.2, 0.25) is 5.02 Å². The lowest BCUT2D eigenvalue weighted by Gasteiger charge is -2.04. The Labute approximate surface area is 92.3 Å². The SMILES string of the molecule is NCc1nc2cc(Cl)ccc2n1CCO. The van der Waals surface area contributed by atoms with Crippen LogP contribution in [0.25, 0.3) is 11.0 Å². The van der Waals surface area contributed by atoms with Crippen molar-refractivity contribution in [2.45, 2.75) is 13.1 Å². The van der Waals surface area contributed by atoms with Crippen molar-refractivity contribution in [1.82, 2.24) is 9.55 Å². The van der Waals surface area contributed by atoms with E-state index in [9.17, 15) is 0 Å². The second kappa shape index (κ2) is 4.18. The van der Waals surface area contributed by atoms with Gasteiger partial charge in [-0.25, -0.2) is 4.98 Å². The minimum atomic E-state index is 0.0705. The van der Waals surface area contributed by atoms with Crippen LogP contribution in [-0.2, 0) is 13.1 Å². The van der Waals surface area contributed by atoms with Gasteiger partial charge in [0, 0.05) is 11.6 Å². The number of rotatable bonds is 3. The molecule has 5 heteroatoms. The number of imidazole rings is 1. The number of nitrogens with two attached hydrogens (primary N) is 1. The lowest BCUT2D eigenvalue weighted by atomic mass is 10.3. The maximum absolute atomic E-state index is 8.96. The van der Waals surface area contributed by atoms with E-state index in [1.165, 1.54) is 0 Å². The molecule has 0 spiro atoms. The lowest BCUT2D eigenvalue weighted by molar-refractivity contribution is 0.276. The predicted molar refractivity (Wildman–Crippen MR) is 59.7 cm³/mol. The lowest BCUT2D eigenvalue weighted by Crippen LogP contribution is -2.10. The molecule has 3 N–H and O–H groups in total. The van der Waals surface area contributed by atoms with Crippen LogP contribution in [0.1, 0.15) is 5.82 Å². The fourth-order valence-corrected chi connectivity index (χ4v) is 1.82. The fourth-order valence-electron chi connectivity index (χ4n) is 1.66. The van der Waals surface area contributed by atoms with Gasteiger partial charge in [0.25, 0.3) is 0 Å². The number of hydrogen-bond donors (Lipinski definition) is 2.